The van der Waals surface area contributed by atoms with E-state index in [-0.39, 0.29) is 0 Å². The van der Waals surface area contributed by atoms with Crippen LogP contribution < -0.4 is 0 Å². The van der Waals surface area contributed by atoms with E-state index in [1.54, 1.807) is 22.5 Å². The summed E-state index contributed by atoms with van der Waals surface area (Å²) in [5.41, 5.74) is 6.17. The predicted molar refractivity (Wildman–Crippen MR) is 104 cm³/mol. The Labute approximate surface area is 147 Å². The number of hydrogen-bond donors (Lipinski definition) is 0. The van der Waals surface area contributed by atoms with Crippen molar-refractivity contribution < 1.29 is 8.42 Å². The molecule has 0 N–H and O–H groups in total. The Balaban J connectivity index is 2.61. The zero-order valence-corrected chi connectivity index (χ0v) is 17.1. The maximum atomic E-state index is 13.2. The minimum absolute atomic E-state index is 0.345. The average Bonchev–Trinajstić information content (AvgIpc) is 2.46. The quantitative estimate of drug-likeness (QED) is 0.732. The summed E-state index contributed by atoms with van der Waals surface area (Å²) in [6.45, 7) is 15.0. The second kappa shape index (κ2) is 6.73. The first-order chi connectivity index (χ1) is 11.1. The van der Waals surface area contributed by atoms with Gasteiger partial charge in [0.25, 0.3) is 10.0 Å². The van der Waals surface area contributed by atoms with Crippen LogP contribution in [0.4, 0.5) is 0 Å². The highest BCUT2D eigenvalue weighted by atomic mass is 32.2. The highest BCUT2D eigenvalue weighted by molar-refractivity contribution is 7.89. The van der Waals surface area contributed by atoms with Crippen LogP contribution in [0.2, 0.25) is 19.6 Å². The van der Waals surface area contributed by atoms with Crippen molar-refractivity contribution in [1.82, 2.24) is 4.31 Å². The summed E-state index contributed by atoms with van der Waals surface area (Å²) < 4.78 is 28.0. The lowest BCUT2D eigenvalue weighted by atomic mass is 10.0. The third kappa shape index (κ3) is 3.90. The monoisotopic (exact) mass is 361 g/mol. The molecule has 3 nitrogen and oxygen atoms in total. The molecule has 1 aliphatic heterocycles. The molecule has 0 unspecified atom stereocenters. The van der Waals surface area contributed by atoms with Gasteiger partial charge in [-0.1, -0.05) is 61.3 Å². The van der Waals surface area contributed by atoms with E-state index in [0.717, 1.165) is 23.3 Å². The molecule has 1 heterocycles. The van der Waals surface area contributed by atoms with Gasteiger partial charge in [-0.25, -0.2) is 8.42 Å². The second-order valence-corrected chi connectivity index (χ2v) is 14.3. The fourth-order valence-electron chi connectivity index (χ4n) is 2.80. The van der Waals surface area contributed by atoms with Gasteiger partial charge in [-0.2, -0.15) is 0 Å². The van der Waals surface area contributed by atoms with Gasteiger partial charge < -0.3 is 0 Å². The Morgan fingerprint density at radius 1 is 1.12 bits per heavy atom. The molecule has 130 valence electrons. The molecule has 0 saturated heterocycles. The summed E-state index contributed by atoms with van der Waals surface area (Å²) in [4.78, 5) is 0.345. The molecule has 1 aromatic carbocycles. The minimum Gasteiger partial charge on any atom is -0.266 e. The molecular formula is C19H27NO2SSi. The van der Waals surface area contributed by atoms with E-state index in [1.807, 2.05) is 19.1 Å². The summed E-state index contributed by atoms with van der Waals surface area (Å²) in [7, 11) is -5.17. The van der Waals surface area contributed by atoms with Crippen molar-refractivity contribution in [2.75, 3.05) is 6.54 Å². The standard InChI is InChI=1S/C19H27NO2SSi/c1-7-18-16(3)12-13-20(19(18)14-24(4,5)6)23(21,22)17-10-8-15(2)9-11-17/h7-11,14H,1,12-13H2,2-6H3/b19-14-. The van der Waals surface area contributed by atoms with Crippen molar-refractivity contribution in [1.29, 1.82) is 0 Å². The molecule has 0 aliphatic carbocycles. The van der Waals surface area contributed by atoms with Crippen LogP contribution in [0.1, 0.15) is 18.9 Å². The highest BCUT2D eigenvalue weighted by Gasteiger charge is 2.32. The summed E-state index contributed by atoms with van der Waals surface area (Å²) >= 11 is 0. The molecule has 2 rings (SSSR count). The van der Waals surface area contributed by atoms with Gasteiger partial charge in [-0.15, -0.1) is 0 Å². The summed E-state index contributed by atoms with van der Waals surface area (Å²) in [5, 5.41) is 0. The number of nitrogens with zero attached hydrogens (tertiary/aromatic N) is 1. The van der Waals surface area contributed by atoms with E-state index in [4.69, 9.17) is 0 Å². The lowest BCUT2D eigenvalue weighted by Gasteiger charge is -2.34. The number of benzene rings is 1. The van der Waals surface area contributed by atoms with Crippen LogP contribution in [-0.4, -0.2) is 27.3 Å². The minimum atomic E-state index is -3.56. The van der Waals surface area contributed by atoms with Gasteiger partial charge in [0.15, 0.2) is 0 Å². The van der Waals surface area contributed by atoms with E-state index in [2.05, 4.69) is 38.8 Å². The third-order valence-corrected chi connectivity index (χ3v) is 7.04. The van der Waals surface area contributed by atoms with Crippen LogP contribution >= 0.6 is 0 Å². The van der Waals surface area contributed by atoms with E-state index >= 15 is 0 Å². The van der Waals surface area contributed by atoms with Gasteiger partial charge >= 0.3 is 0 Å². The van der Waals surface area contributed by atoms with Crippen molar-refractivity contribution in [3.8, 4) is 0 Å². The Hall–Kier alpha value is -1.59. The van der Waals surface area contributed by atoms with Crippen LogP contribution in [0.15, 0.2) is 64.4 Å². The Bertz CT molecular complexity index is 797. The van der Waals surface area contributed by atoms with Crippen LogP contribution in [0, 0.1) is 6.92 Å². The molecule has 5 heteroatoms. The molecule has 0 fully saturated rings. The first-order valence-electron chi connectivity index (χ1n) is 8.21. The van der Waals surface area contributed by atoms with Crippen molar-refractivity contribution in [3.05, 3.63) is 65.0 Å². The van der Waals surface area contributed by atoms with Crippen LogP contribution in [0.25, 0.3) is 0 Å². The third-order valence-electron chi connectivity index (χ3n) is 4.08. The van der Waals surface area contributed by atoms with E-state index in [0.29, 0.717) is 11.4 Å². The Morgan fingerprint density at radius 2 is 1.71 bits per heavy atom. The molecule has 0 spiro atoms. The fourth-order valence-corrected chi connectivity index (χ4v) is 5.50. The number of rotatable bonds is 4. The van der Waals surface area contributed by atoms with E-state index in [9.17, 15) is 8.42 Å². The van der Waals surface area contributed by atoms with E-state index in [1.165, 1.54) is 5.57 Å². The predicted octanol–water partition coefficient (Wildman–Crippen LogP) is 4.65. The molecule has 0 radical (unpaired) electrons. The van der Waals surface area contributed by atoms with Crippen molar-refractivity contribution in [2.45, 2.75) is 44.8 Å². The van der Waals surface area contributed by atoms with Crippen molar-refractivity contribution >= 4 is 18.1 Å². The molecule has 1 aromatic rings. The number of aryl methyl sites for hydroxylation is 1. The zero-order chi connectivity index (χ0) is 18.1. The van der Waals surface area contributed by atoms with E-state index < -0.39 is 18.1 Å². The van der Waals surface area contributed by atoms with Gasteiger partial charge in [-0.3, -0.25) is 4.31 Å². The molecule has 0 aromatic heterocycles. The van der Waals surface area contributed by atoms with Crippen LogP contribution in [0.5, 0.6) is 0 Å². The summed E-state index contributed by atoms with van der Waals surface area (Å²) in [6, 6.07) is 7.06. The van der Waals surface area contributed by atoms with Crippen molar-refractivity contribution in [3.63, 3.8) is 0 Å². The Morgan fingerprint density at radius 3 is 2.21 bits per heavy atom. The highest BCUT2D eigenvalue weighted by Crippen LogP contribution is 2.33. The molecule has 1 aliphatic rings. The first kappa shape index (κ1) is 18.7. The molecule has 0 atom stereocenters. The SMILES string of the molecule is C=CC1=C(C)CCN(S(=O)(=O)c2ccc(C)cc2)/C1=C\[Si](C)(C)C. The van der Waals surface area contributed by atoms with Gasteiger partial charge in [0.05, 0.1) is 18.7 Å². The van der Waals surface area contributed by atoms with Crippen LogP contribution in [0.3, 0.4) is 0 Å². The Kier molecular flexibility index (Phi) is 5.25. The molecular weight excluding hydrogens is 334 g/mol. The van der Waals surface area contributed by atoms with Gasteiger partial charge in [0.1, 0.15) is 0 Å². The largest absolute Gasteiger partial charge is 0.266 e. The molecule has 0 saturated carbocycles. The number of allylic oxidation sites excluding steroid dienone is 1. The normalized spacial score (nSPS) is 18.2. The molecule has 24 heavy (non-hydrogen) atoms. The second-order valence-electron chi connectivity index (χ2n) is 7.43. The fraction of sp³-hybridized carbons (Fsp3) is 0.368. The molecule has 0 amide bonds. The lowest BCUT2D eigenvalue weighted by molar-refractivity contribution is 0.471. The summed E-state index contributed by atoms with van der Waals surface area (Å²) in [5.74, 6) is 0. The number of hydrogen-bond acceptors (Lipinski definition) is 2. The maximum Gasteiger partial charge on any atom is 0.264 e. The zero-order valence-electron chi connectivity index (χ0n) is 15.3. The lowest BCUT2D eigenvalue weighted by Crippen LogP contribution is -2.36. The van der Waals surface area contributed by atoms with Gasteiger partial charge in [0, 0.05) is 6.54 Å². The van der Waals surface area contributed by atoms with Crippen LogP contribution in [-0.2, 0) is 10.0 Å². The maximum absolute atomic E-state index is 13.2. The topological polar surface area (TPSA) is 37.4 Å². The number of sulfonamides is 1. The van der Waals surface area contributed by atoms with Gasteiger partial charge in [-0.05, 0) is 38.0 Å². The van der Waals surface area contributed by atoms with Gasteiger partial charge in [0.2, 0.25) is 0 Å². The summed E-state index contributed by atoms with van der Waals surface area (Å²) in [6.07, 6.45) is 2.52. The smallest absolute Gasteiger partial charge is 0.264 e. The molecule has 0 bridgehead atoms. The average molecular weight is 362 g/mol. The van der Waals surface area contributed by atoms with Crippen molar-refractivity contribution in [2.24, 2.45) is 0 Å². The first-order valence-corrected chi connectivity index (χ1v) is 13.2.